The van der Waals surface area contributed by atoms with E-state index < -0.39 is 0 Å². The molecule has 100 valence electrons. The van der Waals surface area contributed by atoms with E-state index in [9.17, 15) is 0 Å². The molecule has 1 heterocycles. The van der Waals surface area contributed by atoms with Gasteiger partial charge in [-0.25, -0.2) is 9.97 Å². The SMILES string of the molecule is CCc1nc(Cc2ccc(Cl)cc2Cl)ncc1CCl. The van der Waals surface area contributed by atoms with E-state index >= 15 is 0 Å². The van der Waals surface area contributed by atoms with Crippen molar-refractivity contribution in [3.05, 3.63) is 57.1 Å². The Labute approximate surface area is 127 Å². The standard InChI is InChI=1S/C14H13Cl3N2/c1-2-13-10(7-15)8-18-14(19-13)5-9-3-4-11(16)6-12(9)17/h3-4,6,8H,2,5,7H2,1H3. The molecule has 0 aliphatic carbocycles. The van der Waals surface area contributed by atoms with Crippen LogP contribution in [0.15, 0.2) is 24.4 Å². The van der Waals surface area contributed by atoms with Gasteiger partial charge in [0, 0.05) is 33.9 Å². The first-order valence-electron chi connectivity index (χ1n) is 5.97. The normalized spacial score (nSPS) is 10.7. The first-order chi connectivity index (χ1) is 9.13. The van der Waals surface area contributed by atoms with E-state index in [1.54, 1.807) is 12.3 Å². The fraction of sp³-hybridized carbons (Fsp3) is 0.286. The molecule has 1 aromatic carbocycles. The monoisotopic (exact) mass is 314 g/mol. The molecule has 0 N–H and O–H groups in total. The van der Waals surface area contributed by atoms with E-state index in [0.29, 0.717) is 22.3 Å². The Kier molecular flexibility index (Phi) is 5.03. The number of halogens is 3. The predicted molar refractivity (Wildman–Crippen MR) is 80.2 cm³/mol. The van der Waals surface area contributed by atoms with E-state index in [0.717, 1.165) is 29.1 Å². The van der Waals surface area contributed by atoms with Gasteiger partial charge in [0.2, 0.25) is 0 Å². The molecule has 0 bridgehead atoms. The van der Waals surface area contributed by atoms with Gasteiger partial charge < -0.3 is 0 Å². The molecule has 0 aliphatic heterocycles. The van der Waals surface area contributed by atoms with E-state index in [2.05, 4.69) is 16.9 Å². The quantitative estimate of drug-likeness (QED) is 0.766. The molecule has 0 aliphatic rings. The highest BCUT2D eigenvalue weighted by molar-refractivity contribution is 6.35. The average Bonchev–Trinajstić information content (AvgIpc) is 2.41. The highest BCUT2D eigenvalue weighted by Gasteiger charge is 2.08. The van der Waals surface area contributed by atoms with Crippen LogP contribution in [0, 0.1) is 0 Å². The third-order valence-corrected chi connectivity index (χ3v) is 3.72. The number of hydrogen-bond acceptors (Lipinski definition) is 2. The number of nitrogens with zero attached hydrogens (tertiary/aromatic N) is 2. The molecule has 5 heteroatoms. The van der Waals surface area contributed by atoms with Crippen LogP contribution in [0.4, 0.5) is 0 Å². The van der Waals surface area contributed by atoms with E-state index in [-0.39, 0.29) is 0 Å². The first-order valence-corrected chi connectivity index (χ1v) is 7.26. The number of aryl methyl sites for hydroxylation is 1. The van der Waals surface area contributed by atoms with Crippen LogP contribution in [0.5, 0.6) is 0 Å². The van der Waals surface area contributed by atoms with Crippen LogP contribution in [0.2, 0.25) is 10.0 Å². The Hall–Kier alpha value is -0.830. The smallest absolute Gasteiger partial charge is 0.132 e. The third kappa shape index (κ3) is 3.59. The maximum Gasteiger partial charge on any atom is 0.132 e. The summed E-state index contributed by atoms with van der Waals surface area (Å²) < 4.78 is 0. The molecule has 2 nitrogen and oxygen atoms in total. The Morgan fingerprint density at radius 2 is 1.95 bits per heavy atom. The largest absolute Gasteiger partial charge is 0.241 e. The molecule has 0 atom stereocenters. The number of alkyl halides is 1. The molecule has 2 aromatic rings. The molecule has 1 aromatic heterocycles. The van der Waals surface area contributed by atoms with Crippen LogP contribution in [-0.4, -0.2) is 9.97 Å². The van der Waals surface area contributed by atoms with Gasteiger partial charge in [0.1, 0.15) is 5.82 Å². The molecule has 0 saturated heterocycles. The van der Waals surface area contributed by atoms with Gasteiger partial charge in [0.15, 0.2) is 0 Å². The van der Waals surface area contributed by atoms with Crippen LogP contribution in [0.1, 0.15) is 29.6 Å². The highest BCUT2D eigenvalue weighted by Crippen LogP contribution is 2.23. The van der Waals surface area contributed by atoms with Crippen molar-refractivity contribution < 1.29 is 0 Å². The lowest BCUT2D eigenvalue weighted by Crippen LogP contribution is -2.03. The van der Waals surface area contributed by atoms with Crippen molar-refractivity contribution in [2.45, 2.75) is 25.6 Å². The van der Waals surface area contributed by atoms with Crippen molar-refractivity contribution in [2.75, 3.05) is 0 Å². The summed E-state index contributed by atoms with van der Waals surface area (Å²) in [5.41, 5.74) is 2.94. The Balaban J connectivity index is 2.28. The number of rotatable bonds is 4. The van der Waals surface area contributed by atoms with Crippen LogP contribution in [-0.2, 0) is 18.7 Å². The zero-order chi connectivity index (χ0) is 13.8. The molecule has 0 saturated carbocycles. The fourth-order valence-electron chi connectivity index (χ4n) is 1.82. The number of aromatic nitrogens is 2. The van der Waals surface area contributed by atoms with Gasteiger partial charge in [-0.05, 0) is 24.1 Å². The second kappa shape index (κ2) is 6.56. The Morgan fingerprint density at radius 1 is 1.16 bits per heavy atom. The van der Waals surface area contributed by atoms with Crippen molar-refractivity contribution in [1.29, 1.82) is 0 Å². The lowest BCUT2D eigenvalue weighted by molar-refractivity contribution is 0.884. The summed E-state index contributed by atoms with van der Waals surface area (Å²) in [7, 11) is 0. The van der Waals surface area contributed by atoms with Crippen molar-refractivity contribution in [3.63, 3.8) is 0 Å². The molecule has 0 spiro atoms. The second-order valence-corrected chi connectivity index (χ2v) is 5.27. The topological polar surface area (TPSA) is 25.8 Å². The van der Waals surface area contributed by atoms with Crippen molar-refractivity contribution in [2.24, 2.45) is 0 Å². The van der Waals surface area contributed by atoms with Gasteiger partial charge in [-0.1, -0.05) is 36.2 Å². The predicted octanol–water partition coefficient (Wildman–Crippen LogP) is 4.68. The summed E-state index contributed by atoms with van der Waals surface area (Å²) >= 11 is 17.9. The molecular weight excluding hydrogens is 303 g/mol. The molecular formula is C14H13Cl3N2. The van der Waals surface area contributed by atoms with Gasteiger partial charge >= 0.3 is 0 Å². The Morgan fingerprint density at radius 3 is 2.58 bits per heavy atom. The van der Waals surface area contributed by atoms with Gasteiger partial charge in [0.05, 0.1) is 5.88 Å². The molecule has 0 fully saturated rings. The summed E-state index contributed by atoms with van der Waals surface area (Å²) in [4.78, 5) is 8.86. The zero-order valence-electron chi connectivity index (χ0n) is 10.5. The minimum atomic E-state index is 0.436. The first kappa shape index (κ1) is 14.6. The van der Waals surface area contributed by atoms with Crippen molar-refractivity contribution >= 4 is 34.8 Å². The summed E-state index contributed by atoms with van der Waals surface area (Å²) in [6, 6.07) is 5.44. The molecule has 2 rings (SSSR count). The average molecular weight is 316 g/mol. The summed E-state index contributed by atoms with van der Waals surface area (Å²) in [6.45, 7) is 2.05. The molecule has 19 heavy (non-hydrogen) atoms. The lowest BCUT2D eigenvalue weighted by Gasteiger charge is -2.08. The molecule has 0 amide bonds. The lowest BCUT2D eigenvalue weighted by atomic mass is 10.1. The van der Waals surface area contributed by atoms with Gasteiger partial charge in [-0.3, -0.25) is 0 Å². The van der Waals surface area contributed by atoms with Gasteiger partial charge in [0.25, 0.3) is 0 Å². The highest BCUT2D eigenvalue weighted by atomic mass is 35.5. The maximum atomic E-state index is 6.15. The van der Waals surface area contributed by atoms with Gasteiger partial charge in [-0.15, -0.1) is 11.6 Å². The molecule has 0 radical (unpaired) electrons. The van der Waals surface area contributed by atoms with E-state index in [1.165, 1.54) is 0 Å². The van der Waals surface area contributed by atoms with Crippen LogP contribution in [0.25, 0.3) is 0 Å². The van der Waals surface area contributed by atoms with Crippen LogP contribution < -0.4 is 0 Å². The minimum Gasteiger partial charge on any atom is -0.241 e. The van der Waals surface area contributed by atoms with E-state index in [1.807, 2.05) is 12.1 Å². The zero-order valence-corrected chi connectivity index (χ0v) is 12.7. The van der Waals surface area contributed by atoms with Gasteiger partial charge in [-0.2, -0.15) is 0 Å². The van der Waals surface area contributed by atoms with E-state index in [4.69, 9.17) is 34.8 Å². The molecule has 0 unspecified atom stereocenters. The summed E-state index contributed by atoms with van der Waals surface area (Å²) in [6.07, 6.45) is 3.22. The fourth-order valence-corrected chi connectivity index (χ4v) is 2.52. The van der Waals surface area contributed by atoms with Crippen LogP contribution >= 0.6 is 34.8 Å². The number of hydrogen-bond donors (Lipinski definition) is 0. The summed E-state index contributed by atoms with van der Waals surface area (Å²) in [5.74, 6) is 1.18. The van der Waals surface area contributed by atoms with Crippen molar-refractivity contribution in [1.82, 2.24) is 9.97 Å². The van der Waals surface area contributed by atoms with Crippen LogP contribution in [0.3, 0.4) is 0 Å². The second-order valence-electron chi connectivity index (χ2n) is 4.16. The minimum absolute atomic E-state index is 0.436. The Bertz CT molecular complexity index is 585. The third-order valence-electron chi connectivity index (χ3n) is 2.85. The van der Waals surface area contributed by atoms with Crippen molar-refractivity contribution in [3.8, 4) is 0 Å². The number of benzene rings is 1. The summed E-state index contributed by atoms with van der Waals surface area (Å²) in [5, 5.41) is 1.26. The maximum absolute atomic E-state index is 6.15.